The Hall–Kier alpha value is -0.0800. The summed E-state index contributed by atoms with van der Waals surface area (Å²) in [6, 6.07) is 0. The smallest absolute Gasteiger partial charge is 0.0773 e. The van der Waals surface area contributed by atoms with Gasteiger partial charge in [-0.25, -0.2) is 0 Å². The Balaban J connectivity index is 2.97. The molecule has 1 unspecified atom stereocenters. The van der Waals surface area contributed by atoms with E-state index in [0.717, 1.165) is 12.8 Å². The fourth-order valence-corrected chi connectivity index (χ4v) is 1.44. The second-order valence-corrected chi connectivity index (χ2v) is 3.67. The van der Waals surface area contributed by atoms with Crippen molar-refractivity contribution in [1.29, 1.82) is 0 Å². The fourth-order valence-electron chi connectivity index (χ4n) is 1.44. The summed E-state index contributed by atoms with van der Waals surface area (Å²) in [5.41, 5.74) is 0. The summed E-state index contributed by atoms with van der Waals surface area (Å²) >= 11 is 0. The van der Waals surface area contributed by atoms with Crippen molar-refractivity contribution in [2.24, 2.45) is 0 Å². The Kier molecular flexibility index (Phi) is 9.94. The average Bonchev–Trinajstić information content (AvgIpc) is 2.11. The first-order valence-electron chi connectivity index (χ1n) is 5.48. The van der Waals surface area contributed by atoms with Gasteiger partial charge in [0.25, 0.3) is 0 Å². The summed E-state index contributed by atoms with van der Waals surface area (Å²) < 4.78 is 4.85. The molecule has 0 aliphatic rings. The average molecular weight is 188 g/mol. The minimum atomic E-state index is -0.254. The summed E-state index contributed by atoms with van der Waals surface area (Å²) in [6.07, 6.45) is 8.32. The summed E-state index contributed by atoms with van der Waals surface area (Å²) in [7, 11) is 1.63. The molecule has 0 aromatic rings. The van der Waals surface area contributed by atoms with Gasteiger partial charge >= 0.3 is 0 Å². The molecule has 0 spiro atoms. The first-order chi connectivity index (χ1) is 6.31. The summed E-state index contributed by atoms with van der Waals surface area (Å²) in [6.45, 7) is 2.71. The zero-order chi connectivity index (χ0) is 9.94. The Morgan fingerprint density at radius 1 is 1.08 bits per heavy atom. The van der Waals surface area contributed by atoms with Crippen LogP contribution in [-0.2, 0) is 4.74 Å². The van der Waals surface area contributed by atoms with E-state index in [1.54, 1.807) is 7.11 Å². The first-order valence-corrected chi connectivity index (χ1v) is 5.48. The van der Waals surface area contributed by atoms with E-state index in [4.69, 9.17) is 4.74 Å². The molecule has 0 rings (SSSR count). The largest absolute Gasteiger partial charge is 0.391 e. The van der Waals surface area contributed by atoms with Crippen LogP contribution < -0.4 is 0 Å². The minimum Gasteiger partial charge on any atom is -0.391 e. The molecule has 0 saturated heterocycles. The first kappa shape index (κ1) is 12.9. The van der Waals surface area contributed by atoms with Gasteiger partial charge in [0.15, 0.2) is 0 Å². The van der Waals surface area contributed by atoms with Gasteiger partial charge in [0, 0.05) is 7.11 Å². The minimum absolute atomic E-state index is 0.254. The molecule has 0 bridgehead atoms. The molecule has 0 aliphatic heterocycles. The van der Waals surface area contributed by atoms with Gasteiger partial charge in [-0.05, 0) is 6.42 Å². The normalized spacial score (nSPS) is 13.2. The highest BCUT2D eigenvalue weighted by molar-refractivity contribution is 4.54. The van der Waals surface area contributed by atoms with Crippen molar-refractivity contribution >= 4 is 0 Å². The van der Waals surface area contributed by atoms with Gasteiger partial charge in [-0.3, -0.25) is 0 Å². The van der Waals surface area contributed by atoms with Crippen LogP contribution in [0.2, 0.25) is 0 Å². The van der Waals surface area contributed by atoms with E-state index >= 15 is 0 Å². The number of aliphatic hydroxyl groups is 1. The molecule has 0 aromatic carbocycles. The fraction of sp³-hybridized carbons (Fsp3) is 1.00. The van der Waals surface area contributed by atoms with Gasteiger partial charge < -0.3 is 9.84 Å². The highest BCUT2D eigenvalue weighted by Crippen LogP contribution is 2.08. The molecular weight excluding hydrogens is 164 g/mol. The van der Waals surface area contributed by atoms with Crippen LogP contribution in [0, 0.1) is 0 Å². The lowest BCUT2D eigenvalue weighted by atomic mass is 10.1. The van der Waals surface area contributed by atoms with Gasteiger partial charge in [-0.1, -0.05) is 45.4 Å². The predicted octanol–water partition coefficient (Wildman–Crippen LogP) is 2.74. The highest BCUT2D eigenvalue weighted by atomic mass is 16.5. The topological polar surface area (TPSA) is 29.5 Å². The Bertz CT molecular complexity index is 94.1. The molecule has 0 aromatic heterocycles. The zero-order valence-electron chi connectivity index (χ0n) is 9.09. The number of unbranched alkanes of at least 4 members (excludes halogenated alkanes) is 5. The summed E-state index contributed by atoms with van der Waals surface area (Å²) in [5.74, 6) is 0. The molecule has 0 aliphatic carbocycles. The molecule has 0 radical (unpaired) electrons. The van der Waals surface area contributed by atoms with E-state index in [0.29, 0.717) is 6.61 Å². The molecule has 1 N–H and O–H groups in total. The third kappa shape index (κ3) is 9.84. The van der Waals surface area contributed by atoms with Crippen molar-refractivity contribution in [2.75, 3.05) is 13.7 Å². The third-order valence-electron chi connectivity index (χ3n) is 2.25. The monoisotopic (exact) mass is 188 g/mol. The van der Waals surface area contributed by atoms with Crippen LogP contribution in [0.4, 0.5) is 0 Å². The number of hydrogen-bond acceptors (Lipinski definition) is 2. The third-order valence-corrected chi connectivity index (χ3v) is 2.25. The van der Waals surface area contributed by atoms with Crippen molar-refractivity contribution in [3.05, 3.63) is 0 Å². The molecule has 2 nitrogen and oxygen atoms in total. The van der Waals surface area contributed by atoms with Gasteiger partial charge in [0.1, 0.15) is 0 Å². The maximum Gasteiger partial charge on any atom is 0.0773 e. The van der Waals surface area contributed by atoms with E-state index in [-0.39, 0.29) is 6.10 Å². The second kappa shape index (κ2) is 10.0. The predicted molar refractivity (Wildman–Crippen MR) is 55.9 cm³/mol. The maximum absolute atomic E-state index is 9.33. The van der Waals surface area contributed by atoms with E-state index < -0.39 is 0 Å². The molecule has 1 atom stereocenters. The molecule has 0 heterocycles. The van der Waals surface area contributed by atoms with Crippen LogP contribution >= 0.6 is 0 Å². The molecular formula is C11H24O2. The van der Waals surface area contributed by atoms with Crippen molar-refractivity contribution in [3.63, 3.8) is 0 Å². The van der Waals surface area contributed by atoms with Crippen LogP contribution in [0.15, 0.2) is 0 Å². The quantitative estimate of drug-likeness (QED) is 0.564. The van der Waals surface area contributed by atoms with Gasteiger partial charge in [0.05, 0.1) is 12.7 Å². The number of rotatable bonds is 9. The lowest BCUT2D eigenvalue weighted by molar-refractivity contribution is 0.0576. The van der Waals surface area contributed by atoms with Crippen LogP contribution in [0.25, 0.3) is 0 Å². The lowest BCUT2D eigenvalue weighted by Gasteiger charge is -2.08. The number of methoxy groups -OCH3 is 1. The molecule has 80 valence electrons. The lowest BCUT2D eigenvalue weighted by Crippen LogP contribution is -2.13. The van der Waals surface area contributed by atoms with E-state index in [9.17, 15) is 5.11 Å². The van der Waals surface area contributed by atoms with Gasteiger partial charge in [-0.2, -0.15) is 0 Å². The number of ether oxygens (including phenoxy) is 1. The molecule has 0 saturated carbocycles. The summed E-state index contributed by atoms with van der Waals surface area (Å²) in [4.78, 5) is 0. The standard InChI is InChI=1S/C11H24O2/c1-3-4-5-6-7-8-9-11(12)10-13-2/h11-12H,3-10H2,1-2H3. The SMILES string of the molecule is CCCCCCCCC(O)COC. The van der Waals surface area contributed by atoms with Gasteiger partial charge in [0.2, 0.25) is 0 Å². The van der Waals surface area contributed by atoms with E-state index in [1.807, 2.05) is 0 Å². The van der Waals surface area contributed by atoms with Crippen molar-refractivity contribution in [3.8, 4) is 0 Å². The second-order valence-electron chi connectivity index (χ2n) is 3.67. The van der Waals surface area contributed by atoms with E-state index in [2.05, 4.69) is 6.92 Å². The summed E-state index contributed by atoms with van der Waals surface area (Å²) in [5, 5.41) is 9.33. The van der Waals surface area contributed by atoms with Crippen LogP contribution in [-0.4, -0.2) is 24.9 Å². The molecule has 2 heteroatoms. The molecule has 0 fully saturated rings. The van der Waals surface area contributed by atoms with Crippen LogP contribution in [0.1, 0.15) is 51.9 Å². The molecule has 0 amide bonds. The maximum atomic E-state index is 9.33. The zero-order valence-corrected chi connectivity index (χ0v) is 9.09. The number of hydrogen-bond donors (Lipinski definition) is 1. The Morgan fingerprint density at radius 2 is 1.69 bits per heavy atom. The van der Waals surface area contributed by atoms with E-state index in [1.165, 1.54) is 32.1 Å². The Morgan fingerprint density at radius 3 is 2.31 bits per heavy atom. The number of aliphatic hydroxyl groups excluding tert-OH is 1. The van der Waals surface area contributed by atoms with Gasteiger partial charge in [-0.15, -0.1) is 0 Å². The Labute approximate surface area is 82.3 Å². The van der Waals surface area contributed by atoms with Crippen molar-refractivity contribution in [1.82, 2.24) is 0 Å². The van der Waals surface area contributed by atoms with Crippen LogP contribution in [0.3, 0.4) is 0 Å². The van der Waals surface area contributed by atoms with Crippen LogP contribution in [0.5, 0.6) is 0 Å². The van der Waals surface area contributed by atoms with Crippen molar-refractivity contribution in [2.45, 2.75) is 58.0 Å². The van der Waals surface area contributed by atoms with Crippen molar-refractivity contribution < 1.29 is 9.84 Å². The molecule has 13 heavy (non-hydrogen) atoms. The highest BCUT2D eigenvalue weighted by Gasteiger charge is 2.01.